The van der Waals surface area contributed by atoms with E-state index in [4.69, 9.17) is 5.11 Å². The van der Waals surface area contributed by atoms with Gasteiger partial charge in [-0.3, -0.25) is 4.79 Å². The van der Waals surface area contributed by atoms with Crippen LogP contribution >= 0.6 is 0 Å². The molecule has 0 bridgehead atoms. The third kappa shape index (κ3) is 2.23. The Morgan fingerprint density at radius 3 is 2.79 bits per heavy atom. The van der Waals surface area contributed by atoms with Crippen LogP contribution in [0.25, 0.3) is 0 Å². The van der Waals surface area contributed by atoms with Gasteiger partial charge < -0.3 is 9.67 Å². The van der Waals surface area contributed by atoms with Crippen molar-refractivity contribution in [3.63, 3.8) is 0 Å². The molecule has 0 spiro atoms. The third-order valence-corrected chi connectivity index (χ3v) is 2.58. The molecule has 0 radical (unpaired) electrons. The Hall–Kier alpha value is -1.09. The summed E-state index contributed by atoms with van der Waals surface area (Å²) in [5.74, 6) is 0.520. The maximum absolute atomic E-state index is 10.7. The van der Waals surface area contributed by atoms with Crippen LogP contribution in [0.1, 0.15) is 36.5 Å². The molecule has 0 fully saturated rings. The van der Waals surface area contributed by atoms with Crippen molar-refractivity contribution in [2.45, 2.75) is 33.4 Å². The van der Waals surface area contributed by atoms with Gasteiger partial charge in [0.25, 0.3) is 0 Å². The Kier molecular flexibility index (Phi) is 3.89. The van der Waals surface area contributed by atoms with Gasteiger partial charge in [0.2, 0.25) is 0 Å². The van der Waals surface area contributed by atoms with E-state index < -0.39 is 0 Å². The Morgan fingerprint density at radius 1 is 1.57 bits per heavy atom. The van der Waals surface area contributed by atoms with Crippen molar-refractivity contribution in [2.75, 3.05) is 0 Å². The van der Waals surface area contributed by atoms with Crippen LogP contribution in [-0.4, -0.2) is 16.0 Å². The van der Waals surface area contributed by atoms with E-state index in [9.17, 15) is 4.79 Å². The van der Waals surface area contributed by atoms with Gasteiger partial charge in [0.05, 0.1) is 12.3 Å². The molecule has 1 unspecified atom stereocenters. The van der Waals surface area contributed by atoms with Crippen molar-refractivity contribution in [3.8, 4) is 0 Å². The second-order valence-electron chi connectivity index (χ2n) is 3.65. The predicted molar refractivity (Wildman–Crippen MR) is 55.2 cm³/mol. The Bertz CT molecular complexity index is 304. The zero-order valence-electron chi connectivity index (χ0n) is 8.73. The predicted octanol–water partition coefficient (Wildman–Crippen LogP) is 1.84. The van der Waals surface area contributed by atoms with Crippen LogP contribution in [0, 0.1) is 5.92 Å². The molecule has 1 N–H and O–H groups in total. The van der Waals surface area contributed by atoms with E-state index in [0.29, 0.717) is 11.6 Å². The van der Waals surface area contributed by atoms with Crippen molar-refractivity contribution in [1.29, 1.82) is 0 Å². The lowest BCUT2D eigenvalue weighted by Gasteiger charge is -2.14. The van der Waals surface area contributed by atoms with Crippen molar-refractivity contribution in [2.24, 2.45) is 5.92 Å². The van der Waals surface area contributed by atoms with E-state index in [1.54, 1.807) is 12.1 Å². The van der Waals surface area contributed by atoms with Crippen LogP contribution in [0.2, 0.25) is 0 Å². The molecule has 0 aliphatic carbocycles. The molecule has 1 atom stereocenters. The smallest absolute Gasteiger partial charge is 0.166 e. The number of aliphatic hydroxyl groups excluding tert-OH is 1. The fraction of sp³-hybridized carbons (Fsp3) is 0.545. The molecule has 0 aliphatic heterocycles. The molecule has 0 amide bonds. The number of hydrogen-bond donors (Lipinski definition) is 1. The Labute approximate surface area is 84.4 Å². The first kappa shape index (κ1) is 11.0. The zero-order chi connectivity index (χ0) is 10.6. The second kappa shape index (κ2) is 4.96. The third-order valence-electron chi connectivity index (χ3n) is 2.58. The van der Waals surface area contributed by atoms with E-state index in [-0.39, 0.29) is 6.61 Å². The molecule has 1 heterocycles. The lowest BCUT2D eigenvalue weighted by molar-refractivity contribution is 0.111. The van der Waals surface area contributed by atoms with Gasteiger partial charge in [0.15, 0.2) is 6.29 Å². The number of aldehydes is 1. The maximum Gasteiger partial charge on any atom is 0.166 e. The average Bonchev–Trinajstić information content (AvgIpc) is 2.60. The first-order valence-electron chi connectivity index (χ1n) is 4.97. The average molecular weight is 195 g/mol. The summed E-state index contributed by atoms with van der Waals surface area (Å²) in [6.07, 6.45) is 1.91. The number of aromatic nitrogens is 1. The highest BCUT2D eigenvalue weighted by Gasteiger charge is 2.09. The molecule has 0 saturated heterocycles. The number of carbonyl (C=O) groups excluding carboxylic acids is 1. The quantitative estimate of drug-likeness (QED) is 0.728. The molecule has 1 aromatic heterocycles. The van der Waals surface area contributed by atoms with Gasteiger partial charge in [-0.05, 0) is 18.1 Å². The van der Waals surface area contributed by atoms with E-state index in [1.165, 1.54) is 0 Å². The summed E-state index contributed by atoms with van der Waals surface area (Å²) < 4.78 is 1.89. The summed E-state index contributed by atoms with van der Waals surface area (Å²) in [4.78, 5) is 10.7. The fourth-order valence-electron chi connectivity index (χ4n) is 1.43. The van der Waals surface area contributed by atoms with E-state index in [0.717, 1.165) is 24.9 Å². The minimum Gasteiger partial charge on any atom is -0.390 e. The first-order chi connectivity index (χ1) is 6.72. The zero-order valence-corrected chi connectivity index (χ0v) is 8.73. The minimum absolute atomic E-state index is 0.00965. The van der Waals surface area contributed by atoms with E-state index in [2.05, 4.69) is 13.8 Å². The monoisotopic (exact) mass is 195 g/mol. The number of aliphatic hydroxyl groups is 1. The topological polar surface area (TPSA) is 42.2 Å². The van der Waals surface area contributed by atoms with Crippen molar-refractivity contribution >= 4 is 6.29 Å². The first-order valence-corrected chi connectivity index (χ1v) is 4.97. The summed E-state index contributed by atoms with van der Waals surface area (Å²) in [5, 5.41) is 9.08. The van der Waals surface area contributed by atoms with Gasteiger partial charge in [-0.1, -0.05) is 20.3 Å². The molecule has 1 aromatic rings. The van der Waals surface area contributed by atoms with E-state index in [1.807, 2.05) is 4.57 Å². The highest BCUT2D eigenvalue weighted by atomic mass is 16.3. The molecule has 14 heavy (non-hydrogen) atoms. The lowest BCUT2D eigenvalue weighted by Crippen LogP contribution is -2.12. The molecule has 3 heteroatoms. The van der Waals surface area contributed by atoms with Gasteiger partial charge in [0.1, 0.15) is 0 Å². The number of carbonyl (C=O) groups is 1. The molecular formula is C11H17NO2. The van der Waals surface area contributed by atoms with Crippen molar-refractivity contribution in [3.05, 3.63) is 23.5 Å². The van der Waals surface area contributed by atoms with Gasteiger partial charge in [-0.15, -0.1) is 0 Å². The number of nitrogens with zero attached hydrogens (tertiary/aromatic N) is 1. The maximum atomic E-state index is 10.7. The number of rotatable bonds is 5. The Morgan fingerprint density at radius 2 is 2.29 bits per heavy atom. The minimum atomic E-state index is -0.00965. The molecule has 0 aromatic carbocycles. The van der Waals surface area contributed by atoms with Gasteiger partial charge in [0, 0.05) is 12.2 Å². The van der Waals surface area contributed by atoms with Crippen LogP contribution in [0.4, 0.5) is 0 Å². The van der Waals surface area contributed by atoms with Crippen LogP contribution < -0.4 is 0 Å². The van der Waals surface area contributed by atoms with Crippen molar-refractivity contribution in [1.82, 2.24) is 4.57 Å². The normalized spacial score (nSPS) is 12.8. The molecule has 1 rings (SSSR count). The van der Waals surface area contributed by atoms with Gasteiger partial charge in [-0.25, -0.2) is 0 Å². The summed E-state index contributed by atoms with van der Waals surface area (Å²) in [5.41, 5.74) is 1.46. The highest BCUT2D eigenvalue weighted by molar-refractivity contribution is 5.72. The second-order valence-corrected chi connectivity index (χ2v) is 3.65. The summed E-state index contributed by atoms with van der Waals surface area (Å²) >= 11 is 0. The fourth-order valence-corrected chi connectivity index (χ4v) is 1.43. The molecule has 78 valence electrons. The largest absolute Gasteiger partial charge is 0.390 e. The van der Waals surface area contributed by atoms with Gasteiger partial charge in [-0.2, -0.15) is 0 Å². The van der Waals surface area contributed by atoms with Crippen LogP contribution in [0.3, 0.4) is 0 Å². The molecule has 3 nitrogen and oxygen atoms in total. The summed E-state index contributed by atoms with van der Waals surface area (Å²) in [6.45, 7) is 5.04. The molecular weight excluding hydrogens is 178 g/mol. The standard InChI is InChI=1S/C11H17NO2/c1-3-9(2)6-12-10(7-13)4-5-11(12)8-14/h4-5,7,9,14H,3,6,8H2,1-2H3. The molecule has 0 saturated carbocycles. The number of hydrogen-bond acceptors (Lipinski definition) is 2. The lowest BCUT2D eigenvalue weighted by atomic mass is 10.1. The highest BCUT2D eigenvalue weighted by Crippen LogP contribution is 2.12. The van der Waals surface area contributed by atoms with Crippen LogP contribution in [0.15, 0.2) is 12.1 Å². The SMILES string of the molecule is CCC(C)Cn1c(C=O)ccc1CO. The van der Waals surface area contributed by atoms with Crippen LogP contribution in [-0.2, 0) is 13.2 Å². The molecule has 0 aliphatic rings. The van der Waals surface area contributed by atoms with Crippen LogP contribution in [0.5, 0.6) is 0 Å². The van der Waals surface area contributed by atoms with E-state index >= 15 is 0 Å². The van der Waals surface area contributed by atoms with Gasteiger partial charge >= 0.3 is 0 Å². The van der Waals surface area contributed by atoms with Crippen molar-refractivity contribution < 1.29 is 9.90 Å². The summed E-state index contributed by atoms with van der Waals surface area (Å²) in [6, 6.07) is 3.55. The summed E-state index contributed by atoms with van der Waals surface area (Å²) in [7, 11) is 0. The Balaban J connectivity index is 2.90.